The van der Waals surface area contributed by atoms with Crippen LogP contribution in [0, 0.1) is 12.3 Å². The first-order valence-corrected chi connectivity index (χ1v) is 5.96. The average Bonchev–Trinajstić information content (AvgIpc) is 2.62. The van der Waals surface area contributed by atoms with E-state index in [1.807, 2.05) is 20.2 Å². The molecule has 1 aromatic heterocycles. The normalized spacial score (nSPS) is 11.2. The van der Waals surface area contributed by atoms with Crippen LogP contribution in [0.1, 0.15) is 25.1 Å². The van der Waals surface area contributed by atoms with Crippen LogP contribution in [0.2, 0.25) is 0 Å². The Bertz CT molecular complexity index is 479. The van der Waals surface area contributed by atoms with Crippen LogP contribution in [0.4, 0.5) is 4.79 Å². The zero-order valence-electron chi connectivity index (χ0n) is 11.6. The van der Waals surface area contributed by atoms with Gasteiger partial charge in [-0.1, -0.05) is 0 Å². The number of carboxylic acid groups (broad SMARTS) is 1. The summed E-state index contributed by atoms with van der Waals surface area (Å²) in [6, 6.07) is -0.391. The summed E-state index contributed by atoms with van der Waals surface area (Å²) in [7, 11) is 1.81. The lowest BCUT2D eigenvalue weighted by Crippen LogP contribution is -2.43. The number of hydrogen-bond acceptors (Lipinski definition) is 3. The number of aliphatic carboxylic acids is 1. The molecule has 1 aromatic rings. The number of carboxylic acids is 1. The summed E-state index contributed by atoms with van der Waals surface area (Å²) in [4.78, 5) is 22.4. The molecule has 0 aliphatic rings. The fourth-order valence-corrected chi connectivity index (χ4v) is 1.44. The molecule has 0 spiro atoms. The molecule has 2 amide bonds. The molecule has 0 aliphatic carbocycles. The van der Waals surface area contributed by atoms with Gasteiger partial charge < -0.3 is 15.7 Å². The summed E-state index contributed by atoms with van der Waals surface area (Å²) in [6.45, 7) is 5.41. The molecule has 19 heavy (non-hydrogen) atoms. The molecule has 3 N–H and O–H groups in total. The molecule has 0 saturated heterocycles. The summed E-state index contributed by atoms with van der Waals surface area (Å²) in [5.74, 6) is -0.948. The lowest BCUT2D eigenvalue weighted by atomic mass is 9.94. The second-order valence-electron chi connectivity index (χ2n) is 5.14. The number of carbonyl (C=O) groups is 2. The number of nitrogens with zero attached hydrogens (tertiary/aromatic N) is 2. The van der Waals surface area contributed by atoms with Crippen molar-refractivity contribution in [1.82, 2.24) is 20.4 Å². The van der Waals surface area contributed by atoms with Crippen molar-refractivity contribution in [3.63, 3.8) is 0 Å². The van der Waals surface area contributed by atoms with Gasteiger partial charge in [0.2, 0.25) is 0 Å². The second kappa shape index (κ2) is 5.73. The van der Waals surface area contributed by atoms with Gasteiger partial charge in [0.25, 0.3) is 0 Å². The van der Waals surface area contributed by atoms with Crippen molar-refractivity contribution in [3.8, 4) is 0 Å². The molecule has 0 atom stereocenters. The highest BCUT2D eigenvalue weighted by molar-refractivity contribution is 5.77. The number of nitrogens with one attached hydrogen (secondary N) is 2. The van der Waals surface area contributed by atoms with Crippen molar-refractivity contribution in [1.29, 1.82) is 0 Å². The Balaban J connectivity index is 2.41. The topological polar surface area (TPSA) is 96.3 Å². The highest BCUT2D eigenvalue weighted by atomic mass is 16.4. The van der Waals surface area contributed by atoms with Crippen molar-refractivity contribution in [2.75, 3.05) is 6.54 Å². The fourth-order valence-electron chi connectivity index (χ4n) is 1.44. The smallest absolute Gasteiger partial charge is 0.315 e. The molecule has 106 valence electrons. The van der Waals surface area contributed by atoms with Crippen molar-refractivity contribution in [2.24, 2.45) is 12.5 Å². The maximum absolute atomic E-state index is 11.6. The van der Waals surface area contributed by atoms with Crippen LogP contribution in [0.25, 0.3) is 0 Å². The van der Waals surface area contributed by atoms with Crippen LogP contribution in [-0.4, -0.2) is 33.4 Å². The van der Waals surface area contributed by atoms with E-state index in [4.69, 9.17) is 5.11 Å². The maximum Gasteiger partial charge on any atom is 0.315 e. The van der Waals surface area contributed by atoms with Crippen LogP contribution >= 0.6 is 0 Å². The Labute approximate surface area is 112 Å². The zero-order valence-corrected chi connectivity index (χ0v) is 11.6. The Kier molecular flexibility index (Phi) is 4.52. The number of amides is 2. The van der Waals surface area contributed by atoms with Gasteiger partial charge in [0.15, 0.2) is 0 Å². The third-order valence-electron chi connectivity index (χ3n) is 2.82. The average molecular weight is 268 g/mol. The van der Waals surface area contributed by atoms with Crippen LogP contribution in [0.15, 0.2) is 6.20 Å². The van der Waals surface area contributed by atoms with Gasteiger partial charge in [0, 0.05) is 31.9 Å². The van der Waals surface area contributed by atoms with Gasteiger partial charge in [-0.25, -0.2) is 4.79 Å². The van der Waals surface area contributed by atoms with Crippen LogP contribution in [0.5, 0.6) is 0 Å². The minimum Gasteiger partial charge on any atom is -0.481 e. The number of hydrogen-bond donors (Lipinski definition) is 3. The van der Waals surface area contributed by atoms with Crippen molar-refractivity contribution >= 4 is 12.0 Å². The molecule has 0 aliphatic heterocycles. The molecule has 0 unspecified atom stereocenters. The molecule has 0 bridgehead atoms. The molecular weight excluding hydrogens is 248 g/mol. The number of urea groups is 1. The number of carbonyl (C=O) groups excluding carboxylic acids is 1. The lowest BCUT2D eigenvalue weighted by molar-refractivity contribution is -0.146. The van der Waals surface area contributed by atoms with E-state index in [1.165, 1.54) is 0 Å². The molecule has 1 rings (SSSR count). The molecule has 7 nitrogen and oxygen atoms in total. The number of aromatic nitrogens is 2. The molecule has 0 aromatic carbocycles. The largest absolute Gasteiger partial charge is 0.481 e. The summed E-state index contributed by atoms with van der Waals surface area (Å²) in [5.41, 5.74) is 0.797. The summed E-state index contributed by atoms with van der Waals surface area (Å²) >= 11 is 0. The standard InChI is InChI=1S/C12H20N4O3/c1-8-9(6-16(4)15-8)5-13-11(19)14-7-12(2,3)10(17)18/h6H,5,7H2,1-4H3,(H,17,18)(H2,13,14,19). The predicted octanol–water partition coefficient (Wildman–Crippen LogP) is 0.639. The number of aryl methyl sites for hydroxylation is 2. The minimum atomic E-state index is -0.985. The van der Waals surface area contributed by atoms with E-state index >= 15 is 0 Å². The molecule has 0 fully saturated rings. The highest BCUT2D eigenvalue weighted by Gasteiger charge is 2.27. The van der Waals surface area contributed by atoms with E-state index in [1.54, 1.807) is 18.5 Å². The van der Waals surface area contributed by atoms with Crippen LogP contribution < -0.4 is 10.6 Å². The first-order valence-electron chi connectivity index (χ1n) is 5.96. The van der Waals surface area contributed by atoms with Crippen molar-refractivity contribution in [3.05, 3.63) is 17.5 Å². The SMILES string of the molecule is Cc1nn(C)cc1CNC(=O)NCC(C)(C)C(=O)O. The molecule has 0 saturated carbocycles. The fraction of sp³-hybridized carbons (Fsp3) is 0.583. The van der Waals surface area contributed by atoms with Gasteiger partial charge >= 0.3 is 12.0 Å². The third kappa shape index (κ3) is 4.27. The highest BCUT2D eigenvalue weighted by Crippen LogP contribution is 2.12. The van der Waals surface area contributed by atoms with Gasteiger partial charge in [-0.3, -0.25) is 9.48 Å². The van der Waals surface area contributed by atoms with Gasteiger partial charge in [-0.05, 0) is 20.8 Å². The van der Waals surface area contributed by atoms with Crippen LogP contribution in [0.3, 0.4) is 0 Å². The molecular formula is C12H20N4O3. The van der Waals surface area contributed by atoms with Crippen molar-refractivity contribution in [2.45, 2.75) is 27.3 Å². The Morgan fingerprint density at radius 2 is 2.05 bits per heavy atom. The van der Waals surface area contributed by atoms with E-state index in [2.05, 4.69) is 15.7 Å². The van der Waals surface area contributed by atoms with Gasteiger partial charge in [0.1, 0.15) is 0 Å². The molecule has 0 radical (unpaired) electrons. The van der Waals surface area contributed by atoms with E-state index in [0.717, 1.165) is 11.3 Å². The third-order valence-corrected chi connectivity index (χ3v) is 2.82. The first kappa shape index (κ1) is 15.0. The zero-order chi connectivity index (χ0) is 14.6. The Morgan fingerprint density at radius 1 is 1.42 bits per heavy atom. The first-order chi connectivity index (χ1) is 8.72. The Hall–Kier alpha value is -2.05. The summed E-state index contributed by atoms with van der Waals surface area (Å²) in [6.07, 6.45) is 1.83. The quantitative estimate of drug-likeness (QED) is 0.730. The minimum absolute atomic E-state index is 0.0696. The van der Waals surface area contributed by atoms with E-state index in [-0.39, 0.29) is 6.54 Å². The predicted molar refractivity (Wildman–Crippen MR) is 69.6 cm³/mol. The lowest BCUT2D eigenvalue weighted by Gasteiger charge is -2.19. The van der Waals surface area contributed by atoms with Gasteiger partial charge in [-0.2, -0.15) is 5.10 Å². The van der Waals surface area contributed by atoms with Crippen LogP contribution in [-0.2, 0) is 18.4 Å². The second-order valence-corrected chi connectivity index (χ2v) is 5.14. The maximum atomic E-state index is 11.6. The molecule has 1 heterocycles. The molecule has 7 heteroatoms. The van der Waals surface area contributed by atoms with Gasteiger partial charge in [0.05, 0.1) is 11.1 Å². The van der Waals surface area contributed by atoms with E-state index < -0.39 is 17.4 Å². The van der Waals surface area contributed by atoms with Crippen molar-refractivity contribution < 1.29 is 14.7 Å². The Morgan fingerprint density at radius 3 is 2.53 bits per heavy atom. The monoisotopic (exact) mass is 268 g/mol. The summed E-state index contributed by atoms with van der Waals surface area (Å²) < 4.78 is 1.68. The van der Waals surface area contributed by atoms with Gasteiger partial charge in [-0.15, -0.1) is 0 Å². The number of rotatable bonds is 5. The van der Waals surface area contributed by atoms with E-state index in [0.29, 0.717) is 6.54 Å². The van der Waals surface area contributed by atoms with E-state index in [9.17, 15) is 9.59 Å². The summed E-state index contributed by atoms with van der Waals surface area (Å²) in [5, 5.41) is 18.3.